The molecular formula is C15H16N2O. The Morgan fingerprint density at radius 3 is 2.11 bits per heavy atom. The Morgan fingerprint density at radius 1 is 0.944 bits per heavy atom. The van der Waals surface area contributed by atoms with Crippen LogP contribution < -0.4 is 10.9 Å². The van der Waals surface area contributed by atoms with Crippen LogP contribution >= 0.6 is 0 Å². The van der Waals surface area contributed by atoms with Crippen LogP contribution in [-0.2, 0) is 0 Å². The fourth-order valence-corrected chi connectivity index (χ4v) is 1.66. The number of hydrogen-bond acceptors (Lipinski definition) is 2. The second-order valence-corrected chi connectivity index (χ2v) is 4.10. The molecule has 0 bridgehead atoms. The van der Waals surface area contributed by atoms with Crippen LogP contribution in [0, 0.1) is 0 Å². The van der Waals surface area contributed by atoms with E-state index in [1.54, 1.807) is 12.1 Å². The van der Waals surface area contributed by atoms with Crippen molar-refractivity contribution in [2.45, 2.75) is 13.0 Å². The van der Waals surface area contributed by atoms with Crippen molar-refractivity contribution in [2.24, 2.45) is 0 Å². The Morgan fingerprint density at radius 2 is 1.50 bits per heavy atom. The first-order valence-electron chi connectivity index (χ1n) is 5.93. The van der Waals surface area contributed by atoms with Crippen molar-refractivity contribution in [2.75, 3.05) is 0 Å². The van der Waals surface area contributed by atoms with Gasteiger partial charge in [-0.2, -0.15) is 0 Å². The highest BCUT2D eigenvalue weighted by atomic mass is 16.2. The lowest BCUT2D eigenvalue weighted by molar-refractivity contribution is 0.0926. The van der Waals surface area contributed by atoms with E-state index >= 15 is 0 Å². The lowest BCUT2D eigenvalue weighted by Crippen LogP contribution is -2.38. The van der Waals surface area contributed by atoms with Gasteiger partial charge in [0.05, 0.1) is 0 Å². The monoisotopic (exact) mass is 240 g/mol. The molecule has 0 aliphatic heterocycles. The van der Waals surface area contributed by atoms with Crippen molar-refractivity contribution in [1.82, 2.24) is 10.9 Å². The van der Waals surface area contributed by atoms with E-state index in [1.165, 1.54) is 0 Å². The van der Waals surface area contributed by atoms with Crippen molar-refractivity contribution >= 4 is 5.91 Å². The molecule has 1 atom stereocenters. The predicted molar refractivity (Wildman–Crippen MR) is 71.9 cm³/mol. The van der Waals surface area contributed by atoms with Gasteiger partial charge in [0.1, 0.15) is 0 Å². The summed E-state index contributed by atoms with van der Waals surface area (Å²) in [6, 6.07) is 19.2. The molecule has 0 saturated heterocycles. The van der Waals surface area contributed by atoms with Gasteiger partial charge in [-0.3, -0.25) is 10.2 Å². The molecule has 0 radical (unpaired) electrons. The number of nitrogens with one attached hydrogen (secondary N) is 2. The molecule has 0 spiro atoms. The number of rotatable bonds is 4. The molecule has 0 unspecified atom stereocenters. The standard InChI is InChI=1S/C15H16N2O/c1-12(13-8-4-2-5-9-13)16-17-15(18)14-10-6-3-7-11-14/h2-12,16H,1H3,(H,17,18)/t12-/m0/s1. The molecule has 0 heterocycles. The maximum atomic E-state index is 11.8. The van der Waals surface area contributed by atoms with Crippen molar-refractivity contribution < 1.29 is 4.79 Å². The minimum atomic E-state index is -0.126. The van der Waals surface area contributed by atoms with Gasteiger partial charge < -0.3 is 0 Å². The molecule has 0 aliphatic rings. The quantitative estimate of drug-likeness (QED) is 0.807. The topological polar surface area (TPSA) is 41.1 Å². The van der Waals surface area contributed by atoms with Crippen LogP contribution in [0.3, 0.4) is 0 Å². The summed E-state index contributed by atoms with van der Waals surface area (Å²) in [5, 5.41) is 0. The van der Waals surface area contributed by atoms with E-state index in [0.29, 0.717) is 5.56 Å². The highest BCUT2D eigenvalue weighted by Crippen LogP contribution is 2.09. The molecule has 3 heteroatoms. The summed E-state index contributed by atoms with van der Waals surface area (Å²) in [4.78, 5) is 11.8. The van der Waals surface area contributed by atoms with Crippen LogP contribution in [-0.4, -0.2) is 5.91 Å². The lowest BCUT2D eigenvalue weighted by atomic mass is 10.1. The van der Waals surface area contributed by atoms with Crippen molar-refractivity contribution in [3.63, 3.8) is 0 Å². The Balaban J connectivity index is 1.91. The molecule has 0 aliphatic carbocycles. The van der Waals surface area contributed by atoms with Crippen LogP contribution in [0.2, 0.25) is 0 Å². The van der Waals surface area contributed by atoms with Crippen LogP contribution in [0.4, 0.5) is 0 Å². The molecule has 1 amide bonds. The van der Waals surface area contributed by atoms with E-state index in [-0.39, 0.29) is 11.9 Å². The lowest BCUT2D eigenvalue weighted by Gasteiger charge is -2.15. The molecule has 0 aromatic heterocycles. The van der Waals surface area contributed by atoms with Gasteiger partial charge in [-0.05, 0) is 24.6 Å². The summed E-state index contributed by atoms with van der Waals surface area (Å²) in [7, 11) is 0. The van der Waals surface area contributed by atoms with Gasteiger partial charge in [-0.1, -0.05) is 48.5 Å². The van der Waals surface area contributed by atoms with E-state index in [4.69, 9.17) is 0 Å². The van der Waals surface area contributed by atoms with E-state index in [1.807, 2.05) is 55.5 Å². The molecule has 0 fully saturated rings. The number of amides is 1. The maximum absolute atomic E-state index is 11.8. The van der Waals surface area contributed by atoms with Gasteiger partial charge in [0.2, 0.25) is 0 Å². The number of carbonyl (C=O) groups excluding carboxylic acids is 1. The molecular weight excluding hydrogens is 224 g/mol. The first-order chi connectivity index (χ1) is 8.77. The summed E-state index contributed by atoms with van der Waals surface area (Å²) < 4.78 is 0. The fraction of sp³-hybridized carbons (Fsp3) is 0.133. The normalized spacial score (nSPS) is 11.8. The smallest absolute Gasteiger partial charge is 0.265 e. The highest BCUT2D eigenvalue weighted by Gasteiger charge is 2.07. The number of hydrogen-bond donors (Lipinski definition) is 2. The van der Waals surface area contributed by atoms with Crippen molar-refractivity contribution in [1.29, 1.82) is 0 Å². The van der Waals surface area contributed by atoms with Gasteiger partial charge in [-0.25, -0.2) is 5.43 Å². The second kappa shape index (κ2) is 5.98. The second-order valence-electron chi connectivity index (χ2n) is 4.10. The fourth-order valence-electron chi connectivity index (χ4n) is 1.66. The molecule has 2 rings (SSSR count). The van der Waals surface area contributed by atoms with E-state index < -0.39 is 0 Å². The van der Waals surface area contributed by atoms with Crippen LogP contribution in [0.5, 0.6) is 0 Å². The van der Waals surface area contributed by atoms with Crippen molar-refractivity contribution in [3.8, 4) is 0 Å². The summed E-state index contributed by atoms with van der Waals surface area (Å²) in [6.07, 6.45) is 0. The summed E-state index contributed by atoms with van der Waals surface area (Å²) >= 11 is 0. The van der Waals surface area contributed by atoms with Crippen LogP contribution in [0.15, 0.2) is 60.7 Å². The third kappa shape index (κ3) is 3.18. The van der Waals surface area contributed by atoms with Crippen LogP contribution in [0.1, 0.15) is 28.9 Å². The molecule has 0 saturated carbocycles. The maximum Gasteiger partial charge on any atom is 0.265 e. The number of benzene rings is 2. The minimum absolute atomic E-state index is 0.0684. The van der Waals surface area contributed by atoms with E-state index in [0.717, 1.165) is 5.56 Å². The zero-order valence-electron chi connectivity index (χ0n) is 10.3. The first kappa shape index (κ1) is 12.3. The first-order valence-corrected chi connectivity index (χ1v) is 5.93. The molecule has 3 nitrogen and oxygen atoms in total. The Labute approximate surface area is 107 Å². The Bertz CT molecular complexity index is 496. The third-order valence-electron chi connectivity index (χ3n) is 2.74. The van der Waals surface area contributed by atoms with E-state index in [9.17, 15) is 4.79 Å². The SMILES string of the molecule is C[C@H](NNC(=O)c1ccccc1)c1ccccc1. The van der Waals surface area contributed by atoms with Gasteiger partial charge in [0.15, 0.2) is 0 Å². The third-order valence-corrected chi connectivity index (χ3v) is 2.74. The average molecular weight is 240 g/mol. The molecule has 18 heavy (non-hydrogen) atoms. The summed E-state index contributed by atoms with van der Waals surface area (Å²) in [5.41, 5.74) is 7.48. The number of hydrazine groups is 1. The molecule has 2 N–H and O–H groups in total. The molecule has 2 aromatic rings. The molecule has 92 valence electrons. The predicted octanol–water partition coefficient (Wildman–Crippen LogP) is 2.68. The summed E-state index contributed by atoms with van der Waals surface area (Å²) in [6.45, 7) is 2.00. The van der Waals surface area contributed by atoms with E-state index in [2.05, 4.69) is 10.9 Å². The Kier molecular flexibility index (Phi) is 4.10. The van der Waals surface area contributed by atoms with Gasteiger partial charge in [-0.15, -0.1) is 0 Å². The largest absolute Gasteiger partial charge is 0.287 e. The zero-order valence-corrected chi connectivity index (χ0v) is 10.3. The highest BCUT2D eigenvalue weighted by molar-refractivity contribution is 5.93. The minimum Gasteiger partial charge on any atom is -0.287 e. The van der Waals surface area contributed by atoms with Gasteiger partial charge in [0.25, 0.3) is 5.91 Å². The van der Waals surface area contributed by atoms with Crippen molar-refractivity contribution in [3.05, 3.63) is 71.8 Å². The van der Waals surface area contributed by atoms with Gasteiger partial charge >= 0.3 is 0 Å². The molecule has 2 aromatic carbocycles. The number of carbonyl (C=O) groups is 1. The van der Waals surface area contributed by atoms with Crippen LogP contribution in [0.25, 0.3) is 0 Å². The van der Waals surface area contributed by atoms with Gasteiger partial charge in [0, 0.05) is 11.6 Å². The average Bonchev–Trinajstić information content (AvgIpc) is 2.46. The zero-order chi connectivity index (χ0) is 12.8. The summed E-state index contributed by atoms with van der Waals surface area (Å²) in [5.74, 6) is -0.126. The Hall–Kier alpha value is -2.13.